The third kappa shape index (κ3) is 5.45. The van der Waals surface area contributed by atoms with E-state index in [0.29, 0.717) is 16.5 Å². The van der Waals surface area contributed by atoms with E-state index >= 15 is 0 Å². The molecule has 0 fully saturated rings. The zero-order chi connectivity index (χ0) is 16.8. The van der Waals surface area contributed by atoms with Crippen LogP contribution in [-0.4, -0.2) is 12.6 Å². The monoisotopic (exact) mass is 357 g/mol. The van der Waals surface area contributed by atoms with Gasteiger partial charge in [0.05, 0.1) is 10.0 Å². The summed E-state index contributed by atoms with van der Waals surface area (Å²) >= 11 is 12.1. The fraction of sp³-hybridized carbons (Fsp3) is 0.333. The number of nitrogens with one attached hydrogen (secondary N) is 1. The van der Waals surface area contributed by atoms with E-state index in [-0.39, 0.29) is 6.04 Å². The average Bonchev–Trinajstić information content (AvgIpc) is 2.51. The first kappa shape index (κ1) is 18.2. The normalized spacial score (nSPS) is 12.4. The highest BCUT2D eigenvalue weighted by molar-refractivity contribution is 6.42. The van der Waals surface area contributed by atoms with Crippen LogP contribution in [0.5, 0.6) is 0 Å². The number of aryl methyl sites for hydroxylation is 1. The largest absolute Gasteiger partial charge is 0.314 e. The van der Waals surface area contributed by atoms with Crippen LogP contribution in [0.3, 0.4) is 0 Å². The molecule has 0 aromatic heterocycles. The highest BCUT2D eigenvalue weighted by Gasteiger charge is 2.08. The summed E-state index contributed by atoms with van der Waals surface area (Å²) in [6, 6.07) is 9.84. The second kappa shape index (κ2) is 8.62. The van der Waals surface area contributed by atoms with Gasteiger partial charge in [0, 0.05) is 6.04 Å². The van der Waals surface area contributed by atoms with Crippen LogP contribution in [0, 0.1) is 11.6 Å². The number of benzene rings is 2. The Labute approximate surface area is 145 Å². The minimum atomic E-state index is -0.812. The lowest BCUT2D eigenvalue weighted by Gasteiger charge is -2.14. The first-order valence-electron chi connectivity index (χ1n) is 7.57. The van der Waals surface area contributed by atoms with Crippen LogP contribution in [-0.2, 0) is 12.8 Å². The summed E-state index contributed by atoms with van der Waals surface area (Å²) in [5, 5.41) is 4.57. The minimum Gasteiger partial charge on any atom is -0.314 e. The maximum absolute atomic E-state index is 13.2. The zero-order valence-electron chi connectivity index (χ0n) is 12.9. The predicted molar refractivity (Wildman–Crippen MR) is 92.3 cm³/mol. The Bertz CT molecular complexity index is 661. The van der Waals surface area contributed by atoms with Crippen molar-refractivity contribution >= 4 is 23.2 Å². The summed E-state index contributed by atoms with van der Waals surface area (Å²) in [5.41, 5.74) is 1.82. The molecule has 2 aromatic rings. The molecular formula is C18H19Cl2F2N. The molecule has 124 valence electrons. The molecule has 0 aliphatic heterocycles. The molecular weight excluding hydrogens is 339 g/mol. The van der Waals surface area contributed by atoms with Crippen LogP contribution in [0.2, 0.25) is 10.0 Å². The van der Waals surface area contributed by atoms with Gasteiger partial charge < -0.3 is 5.32 Å². The van der Waals surface area contributed by atoms with Gasteiger partial charge in [-0.05, 0) is 62.1 Å². The van der Waals surface area contributed by atoms with Gasteiger partial charge in [0.15, 0.2) is 11.6 Å². The summed E-state index contributed by atoms with van der Waals surface area (Å²) in [7, 11) is 0. The molecule has 23 heavy (non-hydrogen) atoms. The third-order valence-corrected chi connectivity index (χ3v) is 4.53. The van der Waals surface area contributed by atoms with Crippen molar-refractivity contribution in [3.63, 3.8) is 0 Å². The van der Waals surface area contributed by atoms with Gasteiger partial charge in [-0.2, -0.15) is 0 Å². The van der Waals surface area contributed by atoms with Crippen molar-refractivity contribution < 1.29 is 8.78 Å². The maximum Gasteiger partial charge on any atom is 0.159 e. The Morgan fingerprint density at radius 3 is 2.61 bits per heavy atom. The van der Waals surface area contributed by atoms with E-state index in [2.05, 4.69) is 5.32 Å². The zero-order valence-corrected chi connectivity index (χ0v) is 14.4. The first-order chi connectivity index (χ1) is 11.0. The number of halogens is 4. The SMILES string of the molecule is CC(Cc1ccc(F)c(F)c1)NCCCc1cccc(Cl)c1Cl. The van der Waals surface area contributed by atoms with E-state index in [1.54, 1.807) is 12.1 Å². The fourth-order valence-corrected chi connectivity index (χ4v) is 2.88. The number of hydrogen-bond acceptors (Lipinski definition) is 1. The van der Waals surface area contributed by atoms with Gasteiger partial charge in [-0.15, -0.1) is 0 Å². The molecule has 2 rings (SSSR count). The molecule has 1 unspecified atom stereocenters. The van der Waals surface area contributed by atoms with E-state index in [1.807, 2.05) is 19.1 Å². The summed E-state index contributed by atoms with van der Waals surface area (Å²) in [6.45, 7) is 2.83. The van der Waals surface area contributed by atoms with Crippen molar-refractivity contribution in [2.45, 2.75) is 32.2 Å². The van der Waals surface area contributed by atoms with Gasteiger partial charge in [-0.3, -0.25) is 0 Å². The molecule has 0 aliphatic rings. The molecule has 1 nitrogen and oxygen atoms in total. The quantitative estimate of drug-likeness (QED) is 0.651. The molecule has 0 bridgehead atoms. The Hall–Kier alpha value is -1.16. The smallest absolute Gasteiger partial charge is 0.159 e. The van der Waals surface area contributed by atoms with Gasteiger partial charge in [0.2, 0.25) is 0 Å². The lowest BCUT2D eigenvalue weighted by atomic mass is 10.1. The number of rotatable bonds is 7. The lowest BCUT2D eigenvalue weighted by Crippen LogP contribution is -2.29. The second-order valence-corrected chi connectivity index (χ2v) is 6.41. The predicted octanol–water partition coefficient (Wildman–Crippen LogP) is 5.43. The summed E-state index contributed by atoms with van der Waals surface area (Å²) in [6.07, 6.45) is 2.40. The lowest BCUT2D eigenvalue weighted by molar-refractivity contribution is 0.501. The van der Waals surface area contributed by atoms with E-state index in [1.165, 1.54) is 12.1 Å². The standard InChI is InChI=1S/C18H19Cl2F2N/c1-12(10-13-7-8-16(21)17(22)11-13)23-9-3-5-14-4-2-6-15(19)18(14)20/h2,4,6-8,11-12,23H,3,5,9-10H2,1H3. The third-order valence-electron chi connectivity index (χ3n) is 3.67. The molecule has 0 saturated carbocycles. The van der Waals surface area contributed by atoms with Crippen molar-refractivity contribution in [3.8, 4) is 0 Å². The van der Waals surface area contributed by atoms with Gasteiger partial charge >= 0.3 is 0 Å². The molecule has 0 saturated heterocycles. The van der Waals surface area contributed by atoms with Crippen molar-refractivity contribution in [1.29, 1.82) is 0 Å². The Morgan fingerprint density at radius 1 is 1.09 bits per heavy atom. The molecule has 0 heterocycles. The summed E-state index contributed by atoms with van der Waals surface area (Å²) in [5.74, 6) is -1.61. The van der Waals surface area contributed by atoms with Crippen molar-refractivity contribution in [2.24, 2.45) is 0 Å². The molecule has 0 aliphatic carbocycles. The molecule has 1 N–H and O–H groups in total. The van der Waals surface area contributed by atoms with Gasteiger partial charge in [-0.1, -0.05) is 41.4 Å². The topological polar surface area (TPSA) is 12.0 Å². The highest BCUT2D eigenvalue weighted by Crippen LogP contribution is 2.26. The van der Waals surface area contributed by atoms with Crippen molar-refractivity contribution in [3.05, 3.63) is 69.2 Å². The Morgan fingerprint density at radius 2 is 1.87 bits per heavy atom. The summed E-state index contributed by atoms with van der Waals surface area (Å²) in [4.78, 5) is 0. The van der Waals surface area contributed by atoms with E-state index < -0.39 is 11.6 Å². The molecule has 0 spiro atoms. The Kier molecular flexibility index (Phi) is 6.82. The van der Waals surface area contributed by atoms with Crippen LogP contribution in [0.25, 0.3) is 0 Å². The molecule has 1 atom stereocenters. The van der Waals surface area contributed by atoms with Crippen LogP contribution in [0.4, 0.5) is 8.78 Å². The van der Waals surface area contributed by atoms with E-state index in [4.69, 9.17) is 23.2 Å². The van der Waals surface area contributed by atoms with Crippen LogP contribution < -0.4 is 5.32 Å². The molecule has 0 amide bonds. The molecule has 0 radical (unpaired) electrons. The van der Waals surface area contributed by atoms with Gasteiger partial charge in [-0.25, -0.2) is 8.78 Å². The number of hydrogen-bond donors (Lipinski definition) is 1. The first-order valence-corrected chi connectivity index (χ1v) is 8.33. The van der Waals surface area contributed by atoms with E-state index in [9.17, 15) is 8.78 Å². The fourth-order valence-electron chi connectivity index (χ4n) is 2.46. The average molecular weight is 358 g/mol. The molecule has 5 heteroatoms. The minimum absolute atomic E-state index is 0.176. The van der Waals surface area contributed by atoms with Crippen molar-refractivity contribution in [1.82, 2.24) is 5.32 Å². The van der Waals surface area contributed by atoms with E-state index in [0.717, 1.165) is 30.5 Å². The molecule has 2 aromatic carbocycles. The Balaban J connectivity index is 1.75. The summed E-state index contributed by atoms with van der Waals surface area (Å²) < 4.78 is 26.1. The van der Waals surface area contributed by atoms with Gasteiger partial charge in [0.25, 0.3) is 0 Å². The van der Waals surface area contributed by atoms with Crippen LogP contribution in [0.1, 0.15) is 24.5 Å². The highest BCUT2D eigenvalue weighted by atomic mass is 35.5. The maximum atomic E-state index is 13.2. The van der Waals surface area contributed by atoms with Gasteiger partial charge in [0.1, 0.15) is 0 Å². The van der Waals surface area contributed by atoms with Crippen molar-refractivity contribution in [2.75, 3.05) is 6.54 Å². The van der Waals surface area contributed by atoms with Crippen LogP contribution in [0.15, 0.2) is 36.4 Å². The van der Waals surface area contributed by atoms with Crippen LogP contribution >= 0.6 is 23.2 Å². The second-order valence-electron chi connectivity index (χ2n) is 5.62.